The second kappa shape index (κ2) is 13.7. The summed E-state index contributed by atoms with van der Waals surface area (Å²) in [5.41, 5.74) is 0.424. The summed E-state index contributed by atoms with van der Waals surface area (Å²) in [5.74, 6) is 0.680. The zero-order valence-corrected chi connectivity index (χ0v) is 20.7. The van der Waals surface area contributed by atoms with E-state index < -0.39 is 0 Å². The molecule has 0 saturated carbocycles. The third kappa shape index (κ3) is 8.23. The molecule has 1 fully saturated rings. The number of rotatable bonds is 15. The number of esters is 1. The number of carbonyl (C=O) groups excluding carboxylic acids is 1. The second-order valence-electron chi connectivity index (χ2n) is 9.95. The molecule has 1 saturated heterocycles. The molecule has 1 aliphatic rings. The number of nitrogens with zero attached hydrogens (tertiary/aromatic N) is 1. The Kier molecular flexibility index (Phi) is 12.5. The number of piperidine rings is 1. The maximum atomic E-state index is 12.2. The van der Waals surface area contributed by atoms with Crippen molar-refractivity contribution in [2.45, 2.75) is 143 Å². The summed E-state index contributed by atoms with van der Waals surface area (Å²) in [6.07, 6.45) is 16.9. The second-order valence-corrected chi connectivity index (χ2v) is 9.95. The predicted molar refractivity (Wildman–Crippen MR) is 125 cm³/mol. The molecule has 1 rings (SSSR count). The summed E-state index contributed by atoms with van der Waals surface area (Å²) in [6.45, 7) is 15.5. The molecular weight excluding hydrogens is 358 g/mol. The highest BCUT2D eigenvalue weighted by molar-refractivity contribution is 5.69. The van der Waals surface area contributed by atoms with E-state index in [1.54, 1.807) is 0 Å². The van der Waals surface area contributed by atoms with Gasteiger partial charge in [-0.2, -0.15) is 0 Å². The van der Waals surface area contributed by atoms with Crippen LogP contribution in [0.3, 0.4) is 0 Å². The molecule has 0 aromatic carbocycles. The van der Waals surface area contributed by atoms with Crippen molar-refractivity contribution >= 4 is 5.97 Å². The monoisotopic (exact) mass is 409 g/mol. The first-order chi connectivity index (χ1) is 13.8. The van der Waals surface area contributed by atoms with Crippen molar-refractivity contribution in [3.8, 4) is 0 Å². The lowest BCUT2D eigenvalue weighted by Gasteiger charge is -2.58. The normalized spacial score (nSPS) is 27.9. The lowest BCUT2D eigenvalue weighted by molar-refractivity contribution is -0.147. The summed E-state index contributed by atoms with van der Waals surface area (Å²) in [5, 5.41) is 0. The van der Waals surface area contributed by atoms with Crippen molar-refractivity contribution in [3.05, 3.63) is 0 Å². The van der Waals surface area contributed by atoms with Gasteiger partial charge in [0.25, 0.3) is 0 Å². The molecule has 3 nitrogen and oxygen atoms in total. The molecule has 3 atom stereocenters. The molecule has 0 aliphatic carbocycles. The van der Waals surface area contributed by atoms with Gasteiger partial charge in [0.05, 0.1) is 0 Å². The van der Waals surface area contributed by atoms with Crippen molar-refractivity contribution in [1.29, 1.82) is 0 Å². The molecule has 3 heteroatoms. The Labute approximate surface area is 182 Å². The summed E-state index contributed by atoms with van der Waals surface area (Å²) in [6, 6.07) is 0. The van der Waals surface area contributed by atoms with Gasteiger partial charge in [-0.1, -0.05) is 79.1 Å². The van der Waals surface area contributed by atoms with Gasteiger partial charge >= 0.3 is 5.97 Å². The van der Waals surface area contributed by atoms with Gasteiger partial charge in [0.2, 0.25) is 0 Å². The van der Waals surface area contributed by atoms with Gasteiger partial charge in [0, 0.05) is 24.0 Å². The zero-order chi connectivity index (χ0) is 21.8. The lowest BCUT2D eigenvalue weighted by Crippen LogP contribution is -2.64. The van der Waals surface area contributed by atoms with Crippen LogP contribution in [0.2, 0.25) is 0 Å². The molecule has 0 spiro atoms. The van der Waals surface area contributed by atoms with E-state index >= 15 is 0 Å². The standard InChI is InChI=1S/C26H51NO2/c1-7-10-11-12-13-14-15-16-17-18-24(28)29-22-21-27-25(5,8-2)20-19-23(4)26(27,6)9-3/h23H,7-22H2,1-6H3. The molecule has 0 amide bonds. The molecule has 1 heterocycles. The summed E-state index contributed by atoms with van der Waals surface area (Å²) in [4.78, 5) is 14.8. The first-order valence-corrected chi connectivity index (χ1v) is 12.8. The number of hydrogen-bond acceptors (Lipinski definition) is 3. The van der Waals surface area contributed by atoms with Crippen LogP contribution in [0.4, 0.5) is 0 Å². The Balaban J connectivity index is 2.27. The first kappa shape index (κ1) is 26.5. The summed E-state index contributed by atoms with van der Waals surface area (Å²) in [7, 11) is 0. The van der Waals surface area contributed by atoms with E-state index in [9.17, 15) is 4.79 Å². The van der Waals surface area contributed by atoms with Gasteiger partial charge in [-0.3, -0.25) is 9.69 Å². The van der Waals surface area contributed by atoms with Crippen LogP contribution in [0, 0.1) is 5.92 Å². The third-order valence-corrected chi connectivity index (χ3v) is 7.99. The molecule has 0 bridgehead atoms. The van der Waals surface area contributed by atoms with Gasteiger partial charge in [-0.25, -0.2) is 0 Å². The third-order valence-electron chi connectivity index (χ3n) is 7.99. The predicted octanol–water partition coefficient (Wildman–Crippen LogP) is 7.52. The minimum atomic E-state index is -0.00518. The Hall–Kier alpha value is -0.570. The van der Waals surface area contributed by atoms with Gasteiger partial charge in [-0.05, 0) is 51.9 Å². The van der Waals surface area contributed by atoms with E-state index in [1.165, 1.54) is 57.8 Å². The van der Waals surface area contributed by atoms with Crippen molar-refractivity contribution < 1.29 is 9.53 Å². The summed E-state index contributed by atoms with van der Waals surface area (Å²) >= 11 is 0. The van der Waals surface area contributed by atoms with Crippen LogP contribution in [0.15, 0.2) is 0 Å². The van der Waals surface area contributed by atoms with E-state index in [0.717, 1.165) is 32.2 Å². The Morgan fingerprint density at radius 3 is 2.07 bits per heavy atom. The minimum absolute atomic E-state index is 0.00518. The maximum Gasteiger partial charge on any atom is 0.305 e. The van der Waals surface area contributed by atoms with E-state index in [4.69, 9.17) is 4.74 Å². The van der Waals surface area contributed by atoms with Crippen LogP contribution in [0.5, 0.6) is 0 Å². The van der Waals surface area contributed by atoms with Crippen molar-refractivity contribution in [3.63, 3.8) is 0 Å². The minimum Gasteiger partial charge on any atom is -0.464 e. The van der Waals surface area contributed by atoms with E-state index in [0.29, 0.717) is 18.9 Å². The molecule has 0 aromatic rings. The maximum absolute atomic E-state index is 12.2. The molecule has 172 valence electrons. The van der Waals surface area contributed by atoms with Crippen LogP contribution in [0.25, 0.3) is 0 Å². The van der Waals surface area contributed by atoms with Crippen LogP contribution < -0.4 is 0 Å². The van der Waals surface area contributed by atoms with E-state index in [-0.39, 0.29) is 17.0 Å². The zero-order valence-electron chi connectivity index (χ0n) is 20.7. The highest BCUT2D eigenvalue weighted by Crippen LogP contribution is 2.45. The SMILES string of the molecule is CCCCCCCCCCCC(=O)OCCN1C(C)(CC)CCC(C)C1(C)CC. The van der Waals surface area contributed by atoms with Crippen LogP contribution in [0.1, 0.15) is 131 Å². The average Bonchev–Trinajstić information content (AvgIpc) is 2.72. The lowest BCUT2D eigenvalue weighted by atomic mass is 9.69. The topological polar surface area (TPSA) is 29.5 Å². The van der Waals surface area contributed by atoms with E-state index in [1.807, 2.05) is 0 Å². The number of unbranched alkanes of at least 4 members (excludes halogenated alkanes) is 8. The molecule has 0 N–H and O–H groups in total. The fourth-order valence-electron chi connectivity index (χ4n) is 5.19. The number of ether oxygens (including phenoxy) is 1. The smallest absolute Gasteiger partial charge is 0.305 e. The quantitative estimate of drug-likeness (QED) is 0.207. The Bertz CT molecular complexity index is 452. The number of hydrogen-bond donors (Lipinski definition) is 0. The highest BCUT2D eigenvalue weighted by Gasteiger charge is 2.48. The molecule has 1 aliphatic heterocycles. The van der Waals surface area contributed by atoms with Crippen molar-refractivity contribution in [2.75, 3.05) is 13.2 Å². The van der Waals surface area contributed by atoms with Crippen molar-refractivity contribution in [2.24, 2.45) is 5.92 Å². The summed E-state index contributed by atoms with van der Waals surface area (Å²) < 4.78 is 5.65. The molecule has 0 aromatic heterocycles. The number of carbonyl (C=O) groups is 1. The molecule has 29 heavy (non-hydrogen) atoms. The largest absolute Gasteiger partial charge is 0.464 e. The van der Waals surface area contributed by atoms with Gasteiger partial charge in [0.1, 0.15) is 6.61 Å². The van der Waals surface area contributed by atoms with Gasteiger partial charge in [0.15, 0.2) is 0 Å². The first-order valence-electron chi connectivity index (χ1n) is 12.8. The van der Waals surface area contributed by atoms with Crippen LogP contribution in [-0.4, -0.2) is 35.1 Å². The van der Waals surface area contributed by atoms with Gasteiger partial charge in [-0.15, -0.1) is 0 Å². The molecule has 3 unspecified atom stereocenters. The fraction of sp³-hybridized carbons (Fsp3) is 0.962. The molecule has 0 radical (unpaired) electrons. The number of likely N-dealkylation sites (tertiary alicyclic amines) is 1. The molecular formula is C26H51NO2. The Morgan fingerprint density at radius 1 is 0.931 bits per heavy atom. The Morgan fingerprint density at radius 2 is 1.52 bits per heavy atom. The van der Waals surface area contributed by atoms with Crippen LogP contribution in [-0.2, 0) is 9.53 Å². The fourth-order valence-corrected chi connectivity index (χ4v) is 5.19. The van der Waals surface area contributed by atoms with Crippen molar-refractivity contribution in [1.82, 2.24) is 4.90 Å². The van der Waals surface area contributed by atoms with Gasteiger partial charge < -0.3 is 4.74 Å². The van der Waals surface area contributed by atoms with Crippen LogP contribution >= 0.6 is 0 Å². The highest BCUT2D eigenvalue weighted by atomic mass is 16.5. The van der Waals surface area contributed by atoms with E-state index in [2.05, 4.69) is 46.4 Å². The average molecular weight is 410 g/mol.